The smallest absolute Gasteiger partial charge is 0.186 e. The summed E-state index contributed by atoms with van der Waals surface area (Å²) >= 11 is 1.80. The summed E-state index contributed by atoms with van der Waals surface area (Å²) in [6.07, 6.45) is -5.96. The average Bonchev–Trinajstić information content (AvgIpc) is 2.29. The molecule has 1 rings (SSSR count). The summed E-state index contributed by atoms with van der Waals surface area (Å²) in [6, 6.07) is 0. The normalized spacial score (nSPS) is 40.2. The number of ether oxygens (including phenoxy) is 2. The first-order chi connectivity index (χ1) is 7.97. The predicted octanol–water partition coefficient (Wildman–Crippen LogP) is -2.05. The van der Waals surface area contributed by atoms with Gasteiger partial charge in [-0.25, -0.2) is 0 Å². The largest absolute Gasteiger partial charge is 0.394 e. The average molecular weight is 364 g/mol. The van der Waals surface area contributed by atoms with Gasteiger partial charge in [0.2, 0.25) is 0 Å². The van der Waals surface area contributed by atoms with Gasteiger partial charge in [0.25, 0.3) is 0 Å². The zero-order valence-electron chi connectivity index (χ0n) is 9.02. The molecular weight excluding hydrogens is 347 g/mol. The first kappa shape index (κ1) is 15.5. The Balaban J connectivity index is 2.47. The van der Waals surface area contributed by atoms with Gasteiger partial charge in [0, 0.05) is 6.42 Å². The highest BCUT2D eigenvalue weighted by Crippen LogP contribution is 2.22. The molecule has 7 nitrogen and oxygen atoms in total. The van der Waals surface area contributed by atoms with Crippen LogP contribution >= 0.6 is 22.6 Å². The van der Waals surface area contributed by atoms with E-state index in [1.807, 2.05) is 0 Å². The molecule has 3 unspecified atom stereocenters. The van der Waals surface area contributed by atoms with Crippen LogP contribution in [0.1, 0.15) is 6.42 Å². The molecule has 17 heavy (non-hydrogen) atoms. The second kappa shape index (κ2) is 7.14. The van der Waals surface area contributed by atoms with Crippen LogP contribution in [0.4, 0.5) is 0 Å². The molecular formula is C9H17IO7. The molecule has 0 aromatic heterocycles. The van der Waals surface area contributed by atoms with Crippen LogP contribution in [0.3, 0.4) is 0 Å². The number of rotatable bonds is 5. The van der Waals surface area contributed by atoms with Crippen molar-refractivity contribution in [2.75, 3.05) is 13.2 Å². The summed E-state index contributed by atoms with van der Waals surface area (Å²) < 4.78 is 9.66. The SMILES string of the molecule is OCC1O[C@@H](OCC[C@H](O)I)C(O)C(O)[C@H]1O. The monoisotopic (exact) mass is 364 g/mol. The van der Waals surface area contributed by atoms with Crippen LogP contribution in [0.5, 0.6) is 0 Å². The fourth-order valence-electron chi connectivity index (χ4n) is 1.49. The molecule has 0 aliphatic carbocycles. The van der Waals surface area contributed by atoms with E-state index in [9.17, 15) is 15.3 Å². The summed E-state index contributed by atoms with van der Waals surface area (Å²) in [4.78, 5) is 0. The van der Waals surface area contributed by atoms with Crippen molar-refractivity contribution in [3.05, 3.63) is 0 Å². The summed E-state index contributed by atoms with van der Waals surface area (Å²) in [7, 11) is 0. The van der Waals surface area contributed by atoms with Gasteiger partial charge in [0.1, 0.15) is 28.5 Å². The van der Waals surface area contributed by atoms with Gasteiger partial charge in [-0.2, -0.15) is 0 Å². The molecule has 1 fully saturated rings. The second-order valence-corrected chi connectivity index (χ2v) is 5.23. The Morgan fingerprint density at radius 2 is 1.82 bits per heavy atom. The van der Waals surface area contributed by atoms with Crippen LogP contribution < -0.4 is 0 Å². The lowest BCUT2D eigenvalue weighted by Gasteiger charge is -2.39. The Hall–Kier alpha value is 0.450. The maximum atomic E-state index is 9.58. The topological polar surface area (TPSA) is 120 Å². The third kappa shape index (κ3) is 4.24. The molecule has 0 spiro atoms. The lowest BCUT2D eigenvalue weighted by molar-refractivity contribution is -0.301. The van der Waals surface area contributed by atoms with E-state index in [-0.39, 0.29) is 6.61 Å². The van der Waals surface area contributed by atoms with Crippen molar-refractivity contribution in [2.24, 2.45) is 0 Å². The van der Waals surface area contributed by atoms with E-state index in [0.717, 1.165) is 0 Å². The molecule has 0 amide bonds. The van der Waals surface area contributed by atoms with E-state index in [0.29, 0.717) is 6.42 Å². The maximum absolute atomic E-state index is 9.58. The molecule has 0 saturated carbocycles. The molecule has 1 aliphatic rings. The standard InChI is InChI=1S/C9H17IO7/c10-5(12)1-2-16-9-8(15)7(14)6(13)4(3-11)17-9/h4-9,11-15H,1-3H2/t4?,5-,6-,7?,8?,9+/m0/s1. The van der Waals surface area contributed by atoms with Crippen molar-refractivity contribution < 1.29 is 35.0 Å². The van der Waals surface area contributed by atoms with Gasteiger partial charge in [-0.15, -0.1) is 0 Å². The molecule has 1 heterocycles. The third-order valence-corrected chi connectivity index (χ3v) is 3.11. The van der Waals surface area contributed by atoms with Crippen LogP contribution in [-0.2, 0) is 9.47 Å². The predicted molar refractivity (Wildman–Crippen MR) is 64.4 cm³/mol. The molecule has 0 radical (unpaired) electrons. The Bertz CT molecular complexity index is 225. The van der Waals surface area contributed by atoms with Crippen LogP contribution in [0.25, 0.3) is 0 Å². The second-order valence-electron chi connectivity index (χ2n) is 3.79. The number of hydrogen-bond donors (Lipinski definition) is 5. The first-order valence-corrected chi connectivity index (χ1v) is 6.46. The summed E-state index contributed by atoms with van der Waals surface area (Å²) in [6.45, 7) is -0.355. The van der Waals surface area contributed by atoms with Crippen molar-refractivity contribution in [1.82, 2.24) is 0 Å². The molecule has 0 bridgehead atoms. The first-order valence-electron chi connectivity index (χ1n) is 5.21. The summed E-state index contributed by atoms with van der Waals surface area (Å²) in [5, 5.41) is 46.5. The highest BCUT2D eigenvalue weighted by molar-refractivity contribution is 14.1. The van der Waals surface area contributed by atoms with Crippen molar-refractivity contribution in [3.8, 4) is 0 Å². The Kier molecular flexibility index (Phi) is 6.51. The number of alkyl halides is 1. The van der Waals surface area contributed by atoms with E-state index in [1.165, 1.54) is 0 Å². The highest BCUT2D eigenvalue weighted by Gasteiger charge is 2.43. The van der Waals surface area contributed by atoms with Gasteiger partial charge < -0.3 is 35.0 Å². The van der Waals surface area contributed by atoms with E-state index >= 15 is 0 Å². The van der Waals surface area contributed by atoms with Crippen LogP contribution in [0.15, 0.2) is 0 Å². The zero-order chi connectivity index (χ0) is 13.0. The Labute approximate surface area is 112 Å². The summed E-state index contributed by atoms with van der Waals surface area (Å²) in [5.41, 5.74) is 0. The van der Waals surface area contributed by atoms with Gasteiger partial charge >= 0.3 is 0 Å². The minimum Gasteiger partial charge on any atom is -0.394 e. The van der Waals surface area contributed by atoms with E-state index in [4.69, 9.17) is 19.7 Å². The quantitative estimate of drug-likeness (QED) is 0.281. The summed E-state index contributed by atoms with van der Waals surface area (Å²) in [5.74, 6) is 0. The molecule has 6 atom stereocenters. The van der Waals surface area contributed by atoms with Crippen molar-refractivity contribution in [2.45, 2.75) is 41.2 Å². The van der Waals surface area contributed by atoms with Gasteiger partial charge in [0.05, 0.1) is 13.2 Å². The molecule has 0 aromatic carbocycles. The Morgan fingerprint density at radius 1 is 1.18 bits per heavy atom. The van der Waals surface area contributed by atoms with Gasteiger partial charge in [-0.1, -0.05) is 22.6 Å². The number of hydrogen-bond acceptors (Lipinski definition) is 7. The minimum atomic E-state index is -1.43. The van der Waals surface area contributed by atoms with Crippen molar-refractivity contribution in [1.29, 1.82) is 0 Å². The number of aliphatic hydroxyl groups is 5. The highest BCUT2D eigenvalue weighted by atomic mass is 127. The molecule has 102 valence electrons. The zero-order valence-corrected chi connectivity index (χ0v) is 11.2. The molecule has 1 aliphatic heterocycles. The fraction of sp³-hybridized carbons (Fsp3) is 1.00. The third-order valence-electron chi connectivity index (χ3n) is 2.49. The molecule has 0 aromatic rings. The van der Waals surface area contributed by atoms with E-state index < -0.39 is 41.4 Å². The van der Waals surface area contributed by atoms with E-state index in [2.05, 4.69) is 0 Å². The minimum absolute atomic E-state index is 0.132. The van der Waals surface area contributed by atoms with Gasteiger partial charge in [-0.3, -0.25) is 0 Å². The lowest BCUT2D eigenvalue weighted by Crippen LogP contribution is -2.59. The molecule has 8 heteroatoms. The molecule has 1 saturated heterocycles. The van der Waals surface area contributed by atoms with Gasteiger partial charge in [0.15, 0.2) is 6.29 Å². The maximum Gasteiger partial charge on any atom is 0.186 e. The van der Waals surface area contributed by atoms with Crippen LogP contribution in [-0.4, -0.2) is 73.6 Å². The molecule has 5 N–H and O–H groups in total. The van der Waals surface area contributed by atoms with Crippen molar-refractivity contribution >= 4 is 22.6 Å². The number of aliphatic hydroxyl groups excluding tert-OH is 5. The number of halogens is 1. The van der Waals surface area contributed by atoms with Crippen molar-refractivity contribution in [3.63, 3.8) is 0 Å². The van der Waals surface area contributed by atoms with Crippen LogP contribution in [0.2, 0.25) is 0 Å². The van der Waals surface area contributed by atoms with Crippen LogP contribution in [0, 0.1) is 0 Å². The lowest BCUT2D eigenvalue weighted by atomic mass is 9.99. The van der Waals surface area contributed by atoms with Gasteiger partial charge in [-0.05, 0) is 0 Å². The fourth-order valence-corrected chi connectivity index (χ4v) is 1.74. The van der Waals surface area contributed by atoms with E-state index in [1.54, 1.807) is 22.6 Å². The Morgan fingerprint density at radius 3 is 2.35 bits per heavy atom.